The molecule has 0 amide bonds. The van der Waals surface area contributed by atoms with Crippen LogP contribution in [0.4, 0.5) is 0 Å². The van der Waals surface area contributed by atoms with E-state index in [2.05, 4.69) is 0 Å². The van der Waals surface area contributed by atoms with Crippen molar-refractivity contribution in [2.45, 2.75) is 63.2 Å². The van der Waals surface area contributed by atoms with Gasteiger partial charge < -0.3 is 9.11 Å². The molecule has 0 aliphatic rings. The first-order valence-corrected chi connectivity index (χ1v) is 11.6. The molecule has 0 saturated heterocycles. The molecule has 2 aromatic rings. The van der Waals surface area contributed by atoms with Gasteiger partial charge >= 0.3 is 37.7 Å². The van der Waals surface area contributed by atoms with Crippen LogP contribution in [0.25, 0.3) is 0 Å². The van der Waals surface area contributed by atoms with Gasteiger partial charge in [-0.1, -0.05) is 52.0 Å². The van der Waals surface area contributed by atoms with Gasteiger partial charge in [0.05, 0.1) is 9.79 Å². The van der Waals surface area contributed by atoms with Crippen LogP contribution in [0.1, 0.15) is 61.8 Å². The molecule has 0 atom stereocenters. The van der Waals surface area contributed by atoms with Gasteiger partial charge in [-0.05, 0) is 60.1 Å². The van der Waals surface area contributed by atoms with Crippen molar-refractivity contribution in [3.63, 3.8) is 0 Å². The minimum Gasteiger partial charge on any atom is -0.744 e. The molecule has 0 heterocycles. The molecule has 0 bridgehead atoms. The fourth-order valence-electron chi connectivity index (χ4n) is 2.62. The molecule has 6 nitrogen and oxygen atoms in total. The first-order valence-electron chi connectivity index (χ1n) is 8.77. The fourth-order valence-corrected chi connectivity index (χ4v) is 4.00. The second kappa shape index (κ2) is 11.2. The largest absolute Gasteiger partial charge is 2.00 e. The summed E-state index contributed by atoms with van der Waals surface area (Å²) in [6.45, 7) is 11.3. The van der Waals surface area contributed by atoms with E-state index in [0.717, 1.165) is 11.1 Å². The maximum absolute atomic E-state index is 10.8. The van der Waals surface area contributed by atoms with Gasteiger partial charge in [-0.15, -0.1) is 0 Å². The fraction of sp³-hybridized carbons (Fsp3) is 0.400. The second-order valence-electron chi connectivity index (χ2n) is 7.27. The van der Waals surface area contributed by atoms with Crippen LogP contribution in [0.3, 0.4) is 0 Å². The maximum Gasteiger partial charge on any atom is 2.00 e. The van der Waals surface area contributed by atoms with Gasteiger partial charge in [0.25, 0.3) is 0 Å². The molecule has 0 N–H and O–H groups in total. The summed E-state index contributed by atoms with van der Waals surface area (Å²) in [5.41, 5.74) is 3.11. The van der Waals surface area contributed by atoms with E-state index in [4.69, 9.17) is 0 Å². The average Bonchev–Trinajstić information content (AvgIpc) is 2.52. The first kappa shape index (κ1) is 28.5. The van der Waals surface area contributed by atoms with Crippen LogP contribution in [0.5, 0.6) is 0 Å². The molecule has 0 spiro atoms. The summed E-state index contributed by atoms with van der Waals surface area (Å²) in [4.78, 5) is -0.246. The number of hydrogen-bond acceptors (Lipinski definition) is 6. The molecule has 9 heteroatoms. The smallest absolute Gasteiger partial charge is 0.744 e. The minimum atomic E-state index is -4.33. The van der Waals surface area contributed by atoms with Crippen LogP contribution in [0.2, 0.25) is 0 Å². The van der Waals surface area contributed by atoms with Crippen molar-refractivity contribution >= 4 is 58.0 Å². The van der Waals surface area contributed by atoms with Crippen LogP contribution in [-0.4, -0.2) is 63.7 Å². The van der Waals surface area contributed by atoms with E-state index in [-0.39, 0.29) is 47.5 Å². The predicted molar refractivity (Wildman–Crippen MR) is 112 cm³/mol. The van der Waals surface area contributed by atoms with Crippen molar-refractivity contribution in [2.75, 3.05) is 0 Å². The zero-order chi connectivity index (χ0) is 21.9. The van der Waals surface area contributed by atoms with Crippen molar-refractivity contribution in [2.24, 2.45) is 0 Å². The zero-order valence-corrected chi connectivity index (χ0v) is 21.4. The molecular formula is C20H26CaO6S2. The Kier molecular flexibility index (Phi) is 11.0. The van der Waals surface area contributed by atoms with E-state index in [9.17, 15) is 25.9 Å². The third-order valence-corrected chi connectivity index (χ3v) is 6.26. The minimum absolute atomic E-state index is 0. The Bertz CT molecular complexity index is 957. The van der Waals surface area contributed by atoms with Crippen molar-refractivity contribution in [3.05, 3.63) is 58.7 Å². The van der Waals surface area contributed by atoms with E-state index < -0.39 is 20.2 Å². The van der Waals surface area contributed by atoms with E-state index in [0.29, 0.717) is 23.0 Å². The number of benzene rings is 2. The van der Waals surface area contributed by atoms with E-state index >= 15 is 0 Å². The molecule has 0 radical (unpaired) electrons. The summed E-state index contributed by atoms with van der Waals surface area (Å²) in [6.07, 6.45) is 0. The number of aryl methyl sites for hydroxylation is 2. The van der Waals surface area contributed by atoms with Crippen molar-refractivity contribution in [1.29, 1.82) is 0 Å². The molecule has 2 rings (SSSR count). The molecular weight excluding hydrogens is 440 g/mol. The van der Waals surface area contributed by atoms with Crippen molar-refractivity contribution < 1.29 is 25.9 Å². The molecule has 0 saturated carbocycles. The van der Waals surface area contributed by atoms with Crippen LogP contribution in [0, 0.1) is 13.8 Å². The number of rotatable bonds is 4. The SMILES string of the molecule is Cc1cc(C(C)C)ccc1S(=O)(=O)[O-].Cc1cc(C(C)C)ccc1S(=O)(=O)[O-].[Ca+2]. The summed E-state index contributed by atoms with van der Waals surface area (Å²) in [7, 11) is -8.65. The van der Waals surface area contributed by atoms with Gasteiger partial charge in [-0.25, -0.2) is 16.8 Å². The van der Waals surface area contributed by atoms with Gasteiger partial charge in [0.1, 0.15) is 20.2 Å². The molecule has 29 heavy (non-hydrogen) atoms. The molecule has 0 aromatic heterocycles. The molecule has 2 aromatic carbocycles. The van der Waals surface area contributed by atoms with Gasteiger partial charge in [-0.3, -0.25) is 0 Å². The Labute approximate surface area is 204 Å². The first-order chi connectivity index (χ1) is 12.6. The van der Waals surface area contributed by atoms with E-state index in [1.807, 2.05) is 27.7 Å². The van der Waals surface area contributed by atoms with Crippen LogP contribution in [-0.2, 0) is 20.2 Å². The standard InChI is InChI=1S/2C10H14O3S.Ca/c2*1-7(2)9-4-5-10(8(3)6-9)14(11,12)13;/h2*4-7H,1-3H3,(H,11,12,13);/q;;+2/p-2. The van der Waals surface area contributed by atoms with Gasteiger partial charge in [0, 0.05) is 0 Å². The Morgan fingerprint density at radius 2 is 0.931 bits per heavy atom. The predicted octanol–water partition coefficient (Wildman–Crippen LogP) is 3.66. The summed E-state index contributed by atoms with van der Waals surface area (Å²) in [6, 6.07) is 9.62. The van der Waals surface area contributed by atoms with E-state index in [1.165, 1.54) is 12.1 Å². The molecule has 0 aliphatic heterocycles. The monoisotopic (exact) mass is 466 g/mol. The Morgan fingerprint density at radius 1 is 0.655 bits per heavy atom. The summed E-state index contributed by atoms with van der Waals surface area (Å²) in [5, 5.41) is 0. The molecule has 156 valence electrons. The summed E-state index contributed by atoms with van der Waals surface area (Å²) >= 11 is 0. The number of hydrogen-bond donors (Lipinski definition) is 0. The summed E-state index contributed by atoms with van der Waals surface area (Å²) < 4.78 is 64.7. The van der Waals surface area contributed by atoms with E-state index in [1.54, 1.807) is 38.1 Å². The topological polar surface area (TPSA) is 114 Å². The summed E-state index contributed by atoms with van der Waals surface area (Å²) in [5.74, 6) is 0.661. The van der Waals surface area contributed by atoms with Crippen molar-refractivity contribution in [1.82, 2.24) is 0 Å². The Hall–Kier alpha value is -0.480. The zero-order valence-electron chi connectivity index (χ0n) is 17.6. The van der Waals surface area contributed by atoms with Crippen LogP contribution < -0.4 is 0 Å². The molecule has 0 fully saturated rings. The average molecular weight is 467 g/mol. The van der Waals surface area contributed by atoms with Gasteiger partial charge in [-0.2, -0.15) is 0 Å². The maximum atomic E-state index is 10.8. The third kappa shape index (κ3) is 8.65. The third-order valence-electron chi connectivity index (χ3n) is 4.27. The molecule has 0 unspecified atom stereocenters. The normalized spacial score (nSPS) is 11.7. The van der Waals surface area contributed by atoms with Crippen molar-refractivity contribution in [3.8, 4) is 0 Å². The van der Waals surface area contributed by atoms with Crippen LogP contribution >= 0.6 is 0 Å². The van der Waals surface area contributed by atoms with Crippen LogP contribution in [0.15, 0.2) is 46.2 Å². The van der Waals surface area contributed by atoms with Gasteiger partial charge in [0.15, 0.2) is 0 Å². The second-order valence-corrected chi connectivity index (χ2v) is 9.96. The Balaban J connectivity index is 0.000000523. The van der Waals surface area contributed by atoms with Gasteiger partial charge in [0.2, 0.25) is 0 Å². The quantitative estimate of drug-likeness (QED) is 0.502. The molecule has 0 aliphatic carbocycles. The Morgan fingerprint density at radius 3 is 1.10 bits per heavy atom.